The molecule has 0 atom stereocenters. The summed E-state index contributed by atoms with van der Waals surface area (Å²) < 4.78 is 0. The van der Waals surface area contributed by atoms with E-state index in [1.165, 1.54) is 10.5 Å². The first-order chi connectivity index (χ1) is 9.25. The summed E-state index contributed by atoms with van der Waals surface area (Å²) in [6.07, 6.45) is 5.86. The molecule has 0 saturated heterocycles. The summed E-state index contributed by atoms with van der Waals surface area (Å²) in [5, 5.41) is 3.18. The average molecular weight is 272 g/mol. The molecule has 98 valence electrons. The number of amides is 1. The lowest BCUT2D eigenvalue weighted by Gasteiger charge is -2.20. The lowest BCUT2D eigenvalue weighted by Crippen LogP contribution is -2.35. The molecule has 1 aromatic carbocycles. The average Bonchev–Trinajstić information content (AvgIpc) is 3.01. The second-order valence-electron chi connectivity index (χ2n) is 4.82. The molecule has 0 unspecified atom stereocenters. The maximum Gasteiger partial charge on any atom is 0.268 e. The maximum absolute atomic E-state index is 12.2. The van der Waals surface area contributed by atoms with E-state index in [4.69, 9.17) is 0 Å². The van der Waals surface area contributed by atoms with E-state index in [0.29, 0.717) is 5.69 Å². The smallest absolute Gasteiger partial charge is 0.268 e. The molecule has 1 aliphatic rings. The van der Waals surface area contributed by atoms with Crippen LogP contribution in [0.15, 0.2) is 47.5 Å². The maximum atomic E-state index is 12.2. The number of carbonyl (C=O) groups is 1. The van der Waals surface area contributed by atoms with Crippen LogP contribution in [0.5, 0.6) is 0 Å². The van der Waals surface area contributed by atoms with E-state index in [-0.39, 0.29) is 11.4 Å². The molecule has 0 spiro atoms. The van der Waals surface area contributed by atoms with Crippen molar-refractivity contribution >= 4 is 17.7 Å². The van der Waals surface area contributed by atoms with Crippen molar-refractivity contribution in [3.05, 3.63) is 53.9 Å². The Hall–Kier alpha value is -1.68. The van der Waals surface area contributed by atoms with Crippen molar-refractivity contribution in [2.24, 2.45) is 0 Å². The zero-order valence-electron chi connectivity index (χ0n) is 10.8. The van der Waals surface area contributed by atoms with Crippen LogP contribution in [-0.4, -0.2) is 17.1 Å². The van der Waals surface area contributed by atoms with Crippen LogP contribution in [0, 0.1) is 0 Å². The summed E-state index contributed by atoms with van der Waals surface area (Å²) in [7, 11) is 0. The monoisotopic (exact) mass is 272 g/mol. The highest BCUT2D eigenvalue weighted by molar-refractivity contribution is 7.98. The van der Waals surface area contributed by atoms with Crippen molar-refractivity contribution in [2.75, 3.05) is 6.26 Å². The van der Waals surface area contributed by atoms with Gasteiger partial charge in [0.15, 0.2) is 0 Å². The fourth-order valence-corrected chi connectivity index (χ4v) is 3.08. The number of rotatable bonds is 4. The van der Waals surface area contributed by atoms with Crippen molar-refractivity contribution in [3.63, 3.8) is 0 Å². The van der Waals surface area contributed by atoms with E-state index in [2.05, 4.69) is 28.7 Å². The van der Waals surface area contributed by atoms with Crippen LogP contribution >= 0.6 is 11.8 Å². The first-order valence-electron chi connectivity index (χ1n) is 6.34. The molecule has 2 aromatic rings. The van der Waals surface area contributed by atoms with Crippen molar-refractivity contribution < 1.29 is 4.79 Å². The van der Waals surface area contributed by atoms with Crippen LogP contribution in [0.25, 0.3) is 0 Å². The molecule has 1 fully saturated rings. The Balaban J connectivity index is 1.86. The van der Waals surface area contributed by atoms with Gasteiger partial charge in [-0.3, -0.25) is 4.79 Å². The normalized spacial score (nSPS) is 16.1. The van der Waals surface area contributed by atoms with Gasteiger partial charge in [0.2, 0.25) is 0 Å². The number of benzene rings is 1. The molecule has 3 rings (SSSR count). The number of hydrogen-bond donors (Lipinski definition) is 2. The minimum absolute atomic E-state index is 0.0293. The third-order valence-corrected chi connectivity index (χ3v) is 4.36. The third kappa shape index (κ3) is 2.28. The Labute approximate surface area is 116 Å². The van der Waals surface area contributed by atoms with Crippen LogP contribution in [0.4, 0.5) is 0 Å². The molecule has 0 radical (unpaired) electrons. The van der Waals surface area contributed by atoms with Crippen LogP contribution < -0.4 is 5.32 Å². The van der Waals surface area contributed by atoms with Crippen LogP contribution in [0.3, 0.4) is 0 Å². The summed E-state index contributed by atoms with van der Waals surface area (Å²) in [6.45, 7) is 0. The highest BCUT2D eigenvalue weighted by Crippen LogP contribution is 2.48. The van der Waals surface area contributed by atoms with Crippen molar-refractivity contribution in [2.45, 2.75) is 23.3 Å². The number of H-pyrrole nitrogens is 1. The minimum Gasteiger partial charge on any atom is -0.357 e. The summed E-state index contributed by atoms with van der Waals surface area (Å²) in [5.74, 6) is -0.0293. The fraction of sp³-hybridized carbons (Fsp3) is 0.267. The number of carbonyl (C=O) groups excluding carboxylic acids is 1. The van der Waals surface area contributed by atoms with Gasteiger partial charge >= 0.3 is 0 Å². The Morgan fingerprint density at radius 1 is 1.26 bits per heavy atom. The van der Waals surface area contributed by atoms with Crippen LogP contribution in [0.2, 0.25) is 0 Å². The lowest BCUT2D eigenvalue weighted by molar-refractivity contribution is 0.0926. The molecule has 4 heteroatoms. The first kappa shape index (κ1) is 12.4. The molecule has 1 aliphatic carbocycles. The van der Waals surface area contributed by atoms with Gasteiger partial charge in [-0.1, -0.05) is 18.2 Å². The Morgan fingerprint density at radius 2 is 2.05 bits per heavy atom. The van der Waals surface area contributed by atoms with E-state index in [9.17, 15) is 4.79 Å². The molecular weight excluding hydrogens is 256 g/mol. The van der Waals surface area contributed by atoms with Gasteiger partial charge in [0.25, 0.3) is 5.91 Å². The zero-order chi connectivity index (χ0) is 13.3. The second kappa shape index (κ2) is 4.78. The van der Waals surface area contributed by atoms with E-state index in [0.717, 1.165) is 12.8 Å². The van der Waals surface area contributed by atoms with E-state index in [1.807, 2.05) is 18.2 Å². The SMILES string of the molecule is CSc1ccccc1C1(NC(=O)c2ccc[nH]2)CC1. The topological polar surface area (TPSA) is 44.9 Å². The highest BCUT2D eigenvalue weighted by Gasteiger charge is 2.47. The Morgan fingerprint density at radius 3 is 2.68 bits per heavy atom. The summed E-state index contributed by atoms with van der Waals surface area (Å²) in [6, 6.07) is 11.9. The van der Waals surface area contributed by atoms with Gasteiger partial charge in [-0.05, 0) is 42.9 Å². The van der Waals surface area contributed by atoms with Crippen molar-refractivity contribution in [1.29, 1.82) is 0 Å². The molecule has 0 bridgehead atoms. The van der Waals surface area contributed by atoms with Gasteiger partial charge in [-0.25, -0.2) is 0 Å². The molecule has 1 heterocycles. The van der Waals surface area contributed by atoms with Gasteiger partial charge in [0, 0.05) is 11.1 Å². The number of thioether (sulfide) groups is 1. The van der Waals surface area contributed by atoms with Gasteiger partial charge in [-0.2, -0.15) is 0 Å². The third-order valence-electron chi connectivity index (χ3n) is 3.57. The van der Waals surface area contributed by atoms with Gasteiger partial charge in [0.1, 0.15) is 5.69 Å². The molecule has 1 aromatic heterocycles. The van der Waals surface area contributed by atoms with E-state index in [1.54, 1.807) is 24.0 Å². The van der Waals surface area contributed by atoms with E-state index >= 15 is 0 Å². The van der Waals surface area contributed by atoms with Crippen LogP contribution in [0.1, 0.15) is 28.9 Å². The second-order valence-corrected chi connectivity index (χ2v) is 5.67. The van der Waals surface area contributed by atoms with Gasteiger partial charge in [-0.15, -0.1) is 11.8 Å². The predicted octanol–water partition coefficient (Wildman–Crippen LogP) is 3.16. The molecule has 1 saturated carbocycles. The largest absolute Gasteiger partial charge is 0.357 e. The highest BCUT2D eigenvalue weighted by atomic mass is 32.2. The predicted molar refractivity (Wildman–Crippen MR) is 77.4 cm³/mol. The van der Waals surface area contributed by atoms with Crippen LogP contribution in [-0.2, 0) is 5.54 Å². The summed E-state index contributed by atoms with van der Waals surface area (Å²) >= 11 is 1.73. The standard InChI is InChI=1S/C15H16N2OS/c1-19-13-7-3-2-5-11(13)15(8-9-15)17-14(18)12-6-4-10-16-12/h2-7,10,16H,8-9H2,1H3,(H,17,18). The molecule has 3 nitrogen and oxygen atoms in total. The number of nitrogens with one attached hydrogen (secondary N) is 2. The fourth-order valence-electron chi connectivity index (χ4n) is 2.38. The summed E-state index contributed by atoms with van der Waals surface area (Å²) in [5.41, 5.74) is 1.69. The Kier molecular flexibility index (Phi) is 3.11. The van der Waals surface area contributed by atoms with E-state index < -0.39 is 0 Å². The van der Waals surface area contributed by atoms with Crippen molar-refractivity contribution in [3.8, 4) is 0 Å². The molecule has 1 amide bonds. The summed E-state index contributed by atoms with van der Waals surface area (Å²) in [4.78, 5) is 16.4. The minimum atomic E-state index is -0.165. The molecule has 2 N–H and O–H groups in total. The lowest BCUT2D eigenvalue weighted by atomic mass is 10.0. The molecule has 19 heavy (non-hydrogen) atoms. The number of aromatic nitrogens is 1. The number of aromatic amines is 1. The first-order valence-corrected chi connectivity index (χ1v) is 7.57. The molecule has 0 aliphatic heterocycles. The molecular formula is C15H16N2OS. The van der Waals surface area contributed by atoms with Gasteiger partial charge in [0.05, 0.1) is 5.54 Å². The number of hydrogen-bond acceptors (Lipinski definition) is 2. The zero-order valence-corrected chi connectivity index (χ0v) is 11.6. The van der Waals surface area contributed by atoms with Crippen molar-refractivity contribution in [1.82, 2.24) is 10.3 Å². The van der Waals surface area contributed by atoms with Gasteiger partial charge < -0.3 is 10.3 Å². The quantitative estimate of drug-likeness (QED) is 0.840. The Bertz CT molecular complexity index is 588.